The minimum absolute atomic E-state index is 0.00614. The van der Waals surface area contributed by atoms with Gasteiger partial charge in [-0.15, -0.1) is 0 Å². The zero-order chi connectivity index (χ0) is 33.0. The zero-order valence-electron chi connectivity index (χ0n) is 26.9. The summed E-state index contributed by atoms with van der Waals surface area (Å²) in [6.07, 6.45) is -0.480. The molecule has 0 spiro atoms. The van der Waals surface area contributed by atoms with E-state index in [0.29, 0.717) is 132 Å². The van der Waals surface area contributed by atoms with Crippen molar-refractivity contribution in [2.45, 2.75) is 13.0 Å². The van der Waals surface area contributed by atoms with E-state index in [1.54, 1.807) is 0 Å². The minimum atomic E-state index is -0.878. The molecule has 0 saturated carbocycles. The highest BCUT2D eigenvalue weighted by molar-refractivity contribution is 5.67. The molecule has 0 radical (unpaired) electrons. The molecular formula is C31H53NO14. The van der Waals surface area contributed by atoms with Gasteiger partial charge in [-0.2, -0.15) is 0 Å². The van der Waals surface area contributed by atoms with Crippen molar-refractivity contribution in [2.75, 3.05) is 139 Å². The van der Waals surface area contributed by atoms with Gasteiger partial charge in [-0.1, -0.05) is 30.3 Å². The van der Waals surface area contributed by atoms with E-state index in [1.165, 1.54) is 0 Å². The summed E-state index contributed by atoms with van der Waals surface area (Å²) in [5.74, 6) is -0.878. The number of amides is 1. The Kier molecular flexibility index (Phi) is 30.7. The van der Waals surface area contributed by atoms with Crippen molar-refractivity contribution in [3.63, 3.8) is 0 Å². The van der Waals surface area contributed by atoms with E-state index in [0.717, 1.165) is 5.56 Å². The number of benzene rings is 1. The van der Waals surface area contributed by atoms with Gasteiger partial charge in [0.15, 0.2) is 0 Å². The summed E-state index contributed by atoms with van der Waals surface area (Å²) in [6, 6.07) is 9.48. The molecule has 0 aliphatic rings. The first-order valence-electron chi connectivity index (χ1n) is 15.6. The first kappa shape index (κ1) is 41.6. The second-order valence-corrected chi connectivity index (χ2v) is 9.26. The second-order valence-electron chi connectivity index (χ2n) is 9.26. The number of carbonyl (C=O) groups excluding carboxylic acids is 1. The topological polar surface area (TPSA) is 168 Å². The fourth-order valence-electron chi connectivity index (χ4n) is 3.24. The molecule has 46 heavy (non-hydrogen) atoms. The van der Waals surface area contributed by atoms with Crippen LogP contribution < -0.4 is 5.32 Å². The average Bonchev–Trinajstić information content (AvgIpc) is 3.06. The Labute approximate surface area is 271 Å². The first-order valence-corrected chi connectivity index (χ1v) is 15.6. The van der Waals surface area contributed by atoms with Crippen molar-refractivity contribution in [3.05, 3.63) is 35.9 Å². The smallest absolute Gasteiger partial charge is 0.407 e. The second kappa shape index (κ2) is 33.9. The Bertz CT molecular complexity index is 805. The predicted molar refractivity (Wildman–Crippen MR) is 165 cm³/mol. The van der Waals surface area contributed by atoms with Gasteiger partial charge in [0.25, 0.3) is 0 Å². The van der Waals surface area contributed by atoms with E-state index >= 15 is 0 Å². The van der Waals surface area contributed by atoms with Gasteiger partial charge in [0.1, 0.15) is 6.61 Å². The lowest BCUT2D eigenvalue weighted by Gasteiger charge is -2.09. The maximum Gasteiger partial charge on any atom is 0.407 e. The third-order valence-corrected chi connectivity index (χ3v) is 5.54. The van der Waals surface area contributed by atoms with E-state index in [1.807, 2.05) is 30.3 Å². The molecule has 15 nitrogen and oxygen atoms in total. The van der Waals surface area contributed by atoms with Crippen molar-refractivity contribution in [3.8, 4) is 0 Å². The average molecular weight is 664 g/mol. The largest absolute Gasteiger partial charge is 0.481 e. The summed E-state index contributed by atoms with van der Waals surface area (Å²) < 4.78 is 59.0. The van der Waals surface area contributed by atoms with E-state index in [2.05, 4.69) is 5.32 Å². The Balaban J connectivity index is 1.64. The maximum atomic E-state index is 11.6. The van der Waals surface area contributed by atoms with Crippen LogP contribution in [0.15, 0.2) is 30.3 Å². The van der Waals surface area contributed by atoms with Crippen molar-refractivity contribution in [1.82, 2.24) is 5.32 Å². The SMILES string of the molecule is O=C(O)CCOCCOCCOCCOCCOCCOCCOCCOCCOCCOCCNC(=O)OCc1ccccc1. The molecule has 0 atom stereocenters. The van der Waals surface area contributed by atoms with Gasteiger partial charge in [0.2, 0.25) is 0 Å². The fourth-order valence-corrected chi connectivity index (χ4v) is 3.24. The minimum Gasteiger partial charge on any atom is -0.481 e. The summed E-state index contributed by atoms with van der Waals surface area (Å²) in [4.78, 5) is 22.0. The van der Waals surface area contributed by atoms with E-state index in [9.17, 15) is 9.59 Å². The Morgan fingerprint density at radius 1 is 0.478 bits per heavy atom. The summed E-state index contributed by atoms with van der Waals surface area (Å²) in [5, 5.41) is 11.1. The molecule has 2 N–H and O–H groups in total. The van der Waals surface area contributed by atoms with Crippen LogP contribution in [-0.2, 0) is 63.5 Å². The molecule has 0 fully saturated rings. The third kappa shape index (κ3) is 31.5. The number of hydrogen-bond donors (Lipinski definition) is 2. The van der Waals surface area contributed by atoms with E-state index < -0.39 is 12.1 Å². The van der Waals surface area contributed by atoms with Gasteiger partial charge in [0.05, 0.1) is 139 Å². The molecule has 0 bridgehead atoms. The van der Waals surface area contributed by atoms with Gasteiger partial charge < -0.3 is 62.5 Å². The molecule has 0 unspecified atom stereocenters. The van der Waals surface area contributed by atoms with Crippen molar-refractivity contribution in [2.24, 2.45) is 0 Å². The summed E-state index contributed by atoms with van der Waals surface area (Å²) in [5.41, 5.74) is 0.933. The number of aliphatic carboxylic acids is 1. The van der Waals surface area contributed by atoms with Gasteiger partial charge in [-0.05, 0) is 5.56 Å². The lowest BCUT2D eigenvalue weighted by atomic mass is 10.2. The number of carboxylic acids is 1. The number of alkyl carbamates (subject to hydrolysis) is 1. The van der Waals surface area contributed by atoms with Crippen LogP contribution in [0.4, 0.5) is 4.79 Å². The van der Waals surface area contributed by atoms with Crippen molar-refractivity contribution in [1.29, 1.82) is 0 Å². The first-order chi connectivity index (χ1) is 22.7. The number of nitrogens with one attached hydrogen (secondary N) is 1. The molecule has 0 aliphatic heterocycles. The predicted octanol–water partition coefficient (Wildman–Crippen LogP) is 1.55. The van der Waals surface area contributed by atoms with Crippen LogP contribution >= 0.6 is 0 Å². The highest BCUT2D eigenvalue weighted by Crippen LogP contribution is 2.00. The van der Waals surface area contributed by atoms with Crippen LogP contribution in [-0.4, -0.2) is 156 Å². The zero-order valence-corrected chi connectivity index (χ0v) is 26.9. The Morgan fingerprint density at radius 2 is 0.804 bits per heavy atom. The maximum absolute atomic E-state index is 11.6. The molecule has 0 aromatic heterocycles. The van der Waals surface area contributed by atoms with E-state index in [4.69, 9.17) is 57.2 Å². The monoisotopic (exact) mass is 663 g/mol. The quantitative estimate of drug-likeness (QED) is 0.100. The fraction of sp³-hybridized carbons (Fsp3) is 0.742. The van der Waals surface area contributed by atoms with Crippen LogP contribution in [0.2, 0.25) is 0 Å². The van der Waals surface area contributed by atoms with Gasteiger partial charge >= 0.3 is 12.1 Å². The van der Waals surface area contributed by atoms with Crippen LogP contribution in [0, 0.1) is 0 Å². The van der Waals surface area contributed by atoms with E-state index in [-0.39, 0.29) is 19.6 Å². The molecule has 1 aromatic carbocycles. The highest BCUT2D eigenvalue weighted by atomic mass is 16.6. The van der Waals surface area contributed by atoms with Gasteiger partial charge in [-0.25, -0.2) is 4.79 Å². The lowest BCUT2D eigenvalue weighted by molar-refractivity contribution is -0.138. The molecule has 0 aliphatic carbocycles. The summed E-state index contributed by atoms with van der Waals surface area (Å²) >= 11 is 0. The summed E-state index contributed by atoms with van der Waals surface area (Å²) in [7, 11) is 0. The molecule has 1 rings (SSSR count). The van der Waals surface area contributed by atoms with Gasteiger partial charge in [-0.3, -0.25) is 4.79 Å². The van der Waals surface area contributed by atoms with Crippen molar-refractivity contribution >= 4 is 12.1 Å². The number of rotatable bonds is 35. The molecule has 266 valence electrons. The van der Waals surface area contributed by atoms with Crippen LogP contribution in [0.25, 0.3) is 0 Å². The summed E-state index contributed by atoms with van der Waals surface area (Å²) in [6.45, 7) is 9.36. The number of ether oxygens (including phenoxy) is 11. The highest BCUT2D eigenvalue weighted by Gasteiger charge is 2.02. The standard InChI is InChI=1S/C31H53NO14/c33-30(34)6-8-36-10-12-38-14-16-40-18-20-42-22-24-44-26-27-45-25-23-43-21-19-41-17-15-39-13-11-37-9-7-32-31(35)46-28-29-4-2-1-3-5-29/h1-5H,6-28H2,(H,32,35)(H,33,34). The molecule has 0 saturated heterocycles. The third-order valence-electron chi connectivity index (χ3n) is 5.54. The lowest BCUT2D eigenvalue weighted by Crippen LogP contribution is -2.28. The Morgan fingerprint density at radius 3 is 1.15 bits per heavy atom. The molecule has 1 aromatic rings. The molecular weight excluding hydrogens is 610 g/mol. The Hall–Kier alpha value is -2.44. The van der Waals surface area contributed by atoms with Crippen LogP contribution in [0.3, 0.4) is 0 Å². The van der Waals surface area contributed by atoms with Gasteiger partial charge in [0, 0.05) is 6.54 Å². The van der Waals surface area contributed by atoms with Crippen molar-refractivity contribution < 1.29 is 66.8 Å². The van der Waals surface area contributed by atoms with Crippen LogP contribution in [0.1, 0.15) is 12.0 Å². The normalized spacial score (nSPS) is 11.1. The van der Waals surface area contributed by atoms with Crippen LogP contribution in [0.5, 0.6) is 0 Å². The molecule has 1 amide bonds. The number of hydrogen-bond acceptors (Lipinski definition) is 13. The number of carboxylic acid groups (broad SMARTS) is 1. The number of carbonyl (C=O) groups is 2. The molecule has 15 heteroatoms. The molecule has 0 heterocycles.